The molecule has 0 atom stereocenters. The molecule has 0 aliphatic carbocycles. The number of rotatable bonds is 5. The maximum absolute atomic E-state index is 5.78. The zero-order chi connectivity index (χ0) is 17.3. The van der Waals surface area contributed by atoms with Crippen molar-refractivity contribution in [3.8, 4) is 22.8 Å². The van der Waals surface area contributed by atoms with Gasteiger partial charge >= 0.3 is 0 Å². The summed E-state index contributed by atoms with van der Waals surface area (Å²) in [4.78, 5) is 4.71. The molecule has 3 rings (SSSR count). The number of ether oxygens (including phenoxy) is 2. The van der Waals surface area contributed by atoms with Crippen LogP contribution in [-0.4, -0.2) is 28.0 Å². The van der Waals surface area contributed by atoms with E-state index in [0.29, 0.717) is 5.75 Å². The first-order valence-electron chi connectivity index (χ1n) is 8.21. The largest absolute Gasteiger partial charge is 0.493 e. The molecule has 0 spiro atoms. The highest BCUT2D eigenvalue weighted by Crippen LogP contribution is 2.33. The summed E-state index contributed by atoms with van der Waals surface area (Å²) in [7, 11) is 1.65. The smallest absolute Gasteiger partial charge is 0.181 e. The van der Waals surface area contributed by atoms with Crippen molar-refractivity contribution < 1.29 is 9.47 Å². The fraction of sp³-hybridized carbons (Fsp3) is 0.368. The van der Waals surface area contributed by atoms with Gasteiger partial charge < -0.3 is 9.47 Å². The number of hydrogen-bond acceptors (Lipinski definition) is 4. The second-order valence-electron chi connectivity index (χ2n) is 6.08. The molecule has 2 aromatic heterocycles. The summed E-state index contributed by atoms with van der Waals surface area (Å²) in [6.07, 6.45) is 2.14. The van der Waals surface area contributed by atoms with Crippen molar-refractivity contribution in [3.05, 3.63) is 36.0 Å². The number of aryl methyl sites for hydroxylation is 2. The van der Waals surface area contributed by atoms with E-state index in [9.17, 15) is 0 Å². The first kappa shape index (κ1) is 16.3. The second-order valence-corrected chi connectivity index (χ2v) is 6.08. The molecule has 126 valence electrons. The topological polar surface area (TPSA) is 49.2 Å². The molecule has 0 saturated carbocycles. The number of benzene rings is 1. The van der Waals surface area contributed by atoms with Crippen LogP contribution in [0.2, 0.25) is 0 Å². The van der Waals surface area contributed by atoms with Gasteiger partial charge in [-0.1, -0.05) is 0 Å². The Morgan fingerprint density at radius 3 is 2.62 bits per heavy atom. The highest BCUT2D eigenvalue weighted by Gasteiger charge is 2.12. The lowest BCUT2D eigenvalue weighted by molar-refractivity contribution is 0.230. The van der Waals surface area contributed by atoms with E-state index in [2.05, 4.69) is 25.0 Å². The van der Waals surface area contributed by atoms with E-state index in [4.69, 9.17) is 14.5 Å². The third-order valence-electron chi connectivity index (χ3n) is 3.89. The van der Waals surface area contributed by atoms with Gasteiger partial charge in [-0.15, -0.1) is 0 Å². The van der Waals surface area contributed by atoms with Gasteiger partial charge in [0.25, 0.3) is 0 Å². The lowest BCUT2D eigenvalue weighted by Gasteiger charge is -2.14. The maximum atomic E-state index is 5.78. The molecule has 0 aliphatic heterocycles. The predicted molar refractivity (Wildman–Crippen MR) is 95.7 cm³/mol. The van der Waals surface area contributed by atoms with Gasteiger partial charge in [0.1, 0.15) is 0 Å². The predicted octanol–water partition coefficient (Wildman–Crippen LogP) is 4.22. The van der Waals surface area contributed by atoms with Crippen LogP contribution in [0.15, 0.2) is 30.5 Å². The molecular weight excluding hydrogens is 302 g/mol. The third kappa shape index (κ3) is 3.07. The van der Waals surface area contributed by atoms with Crippen LogP contribution in [0.25, 0.3) is 22.3 Å². The molecule has 0 aliphatic rings. The van der Waals surface area contributed by atoms with Crippen LogP contribution in [-0.2, 0) is 6.54 Å². The van der Waals surface area contributed by atoms with Crippen molar-refractivity contribution in [3.63, 3.8) is 0 Å². The van der Waals surface area contributed by atoms with Crippen molar-refractivity contribution in [2.24, 2.45) is 0 Å². The standard InChI is InChI=1S/C19H23N3O2/c1-6-22-11-15-13(4)9-16(20-19(15)21-22)14-7-8-17(24-12(2)3)18(10-14)23-5/h7-12H,6H2,1-5H3. The molecule has 0 N–H and O–H groups in total. The first-order valence-corrected chi connectivity index (χ1v) is 8.21. The Morgan fingerprint density at radius 2 is 1.96 bits per heavy atom. The maximum Gasteiger partial charge on any atom is 0.181 e. The summed E-state index contributed by atoms with van der Waals surface area (Å²) < 4.78 is 13.2. The zero-order valence-corrected chi connectivity index (χ0v) is 14.8. The molecule has 5 heteroatoms. The van der Waals surface area contributed by atoms with Crippen molar-refractivity contribution in [2.45, 2.75) is 40.3 Å². The Morgan fingerprint density at radius 1 is 1.17 bits per heavy atom. The van der Waals surface area contributed by atoms with Crippen molar-refractivity contribution in [1.82, 2.24) is 14.8 Å². The third-order valence-corrected chi connectivity index (χ3v) is 3.89. The van der Waals surface area contributed by atoms with E-state index in [0.717, 1.165) is 40.1 Å². The summed E-state index contributed by atoms with van der Waals surface area (Å²) in [6, 6.07) is 7.98. The molecule has 0 fully saturated rings. The minimum Gasteiger partial charge on any atom is -0.493 e. The normalized spacial score (nSPS) is 11.2. The lowest BCUT2D eigenvalue weighted by atomic mass is 10.1. The minimum absolute atomic E-state index is 0.0967. The van der Waals surface area contributed by atoms with Crippen LogP contribution in [0.3, 0.4) is 0 Å². The Bertz CT molecular complexity index is 868. The second kappa shape index (κ2) is 6.51. The number of fused-ring (bicyclic) bond motifs is 1. The van der Waals surface area contributed by atoms with Gasteiger partial charge in [-0.2, -0.15) is 5.10 Å². The first-order chi connectivity index (χ1) is 11.5. The summed E-state index contributed by atoms with van der Waals surface area (Å²) in [6.45, 7) is 8.98. The fourth-order valence-corrected chi connectivity index (χ4v) is 2.69. The van der Waals surface area contributed by atoms with Crippen LogP contribution in [0.4, 0.5) is 0 Å². The molecule has 0 amide bonds. The molecular formula is C19H23N3O2. The van der Waals surface area contributed by atoms with Crippen molar-refractivity contribution in [1.29, 1.82) is 0 Å². The van der Waals surface area contributed by atoms with Crippen LogP contribution in [0.5, 0.6) is 11.5 Å². The van der Waals surface area contributed by atoms with Crippen LogP contribution in [0, 0.1) is 6.92 Å². The van der Waals surface area contributed by atoms with Gasteiger partial charge in [0.15, 0.2) is 17.1 Å². The van der Waals surface area contributed by atoms with Crippen molar-refractivity contribution >= 4 is 11.0 Å². The summed E-state index contributed by atoms with van der Waals surface area (Å²) in [5.41, 5.74) is 3.80. The molecule has 1 aromatic carbocycles. The van der Waals surface area contributed by atoms with Gasteiger partial charge in [0, 0.05) is 23.7 Å². The average Bonchev–Trinajstić information content (AvgIpc) is 2.98. The fourth-order valence-electron chi connectivity index (χ4n) is 2.69. The Kier molecular flexibility index (Phi) is 4.42. The van der Waals surface area contributed by atoms with Crippen LogP contribution in [0.1, 0.15) is 26.3 Å². The molecule has 5 nitrogen and oxygen atoms in total. The molecule has 0 radical (unpaired) electrons. The van der Waals surface area contributed by atoms with Crippen LogP contribution < -0.4 is 9.47 Å². The van der Waals surface area contributed by atoms with Crippen LogP contribution >= 0.6 is 0 Å². The monoisotopic (exact) mass is 325 g/mol. The molecule has 2 heterocycles. The van der Waals surface area contributed by atoms with Crippen molar-refractivity contribution in [2.75, 3.05) is 7.11 Å². The number of nitrogens with zero attached hydrogens (tertiary/aromatic N) is 3. The number of aromatic nitrogens is 3. The van der Waals surface area contributed by atoms with E-state index in [1.54, 1.807) is 7.11 Å². The molecule has 0 saturated heterocycles. The number of pyridine rings is 1. The van der Waals surface area contributed by atoms with E-state index in [-0.39, 0.29) is 6.10 Å². The Labute approximate surface area is 142 Å². The molecule has 0 bridgehead atoms. The van der Waals surface area contributed by atoms with Gasteiger partial charge in [-0.25, -0.2) is 4.98 Å². The highest BCUT2D eigenvalue weighted by molar-refractivity contribution is 5.82. The van der Waals surface area contributed by atoms with E-state index in [1.165, 1.54) is 0 Å². The minimum atomic E-state index is 0.0967. The van der Waals surface area contributed by atoms with Gasteiger partial charge in [-0.3, -0.25) is 4.68 Å². The zero-order valence-electron chi connectivity index (χ0n) is 14.8. The summed E-state index contributed by atoms with van der Waals surface area (Å²) in [5, 5.41) is 5.62. The van der Waals surface area contributed by atoms with E-state index >= 15 is 0 Å². The summed E-state index contributed by atoms with van der Waals surface area (Å²) in [5.74, 6) is 1.45. The Balaban J connectivity index is 2.06. The lowest BCUT2D eigenvalue weighted by Crippen LogP contribution is -2.06. The number of methoxy groups -OCH3 is 1. The van der Waals surface area contributed by atoms with E-state index < -0.39 is 0 Å². The molecule has 24 heavy (non-hydrogen) atoms. The van der Waals surface area contributed by atoms with Gasteiger partial charge in [0.2, 0.25) is 0 Å². The molecule has 0 unspecified atom stereocenters. The summed E-state index contributed by atoms with van der Waals surface area (Å²) >= 11 is 0. The highest BCUT2D eigenvalue weighted by atomic mass is 16.5. The SMILES string of the molecule is CCn1cc2c(C)cc(-c3ccc(OC(C)C)c(OC)c3)nc2n1. The quantitative estimate of drug-likeness (QED) is 0.704. The van der Waals surface area contributed by atoms with Gasteiger partial charge in [0.05, 0.1) is 18.9 Å². The Hall–Kier alpha value is -2.56. The van der Waals surface area contributed by atoms with Gasteiger partial charge in [-0.05, 0) is 57.5 Å². The molecule has 3 aromatic rings. The average molecular weight is 325 g/mol. The van der Waals surface area contributed by atoms with E-state index in [1.807, 2.05) is 42.9 Å². The number of hydrogen-bond donors (Lipinski definition) is 0.